The van der Waals surface area contributed by atoms with Crippen molar-refractivity contribution < 1.29 is 9.90 Å². The Morgan fingerprint density at radius 2 is 2.05 bits per heavy atom. The Labute approximate surface area is 128 Å². The van der Waals surface area contributed by atoms with Crippen molar-refractivity contribution in [2.45, 2.75) is 26.4 Å². The minimum absolute atomic E-state index is 0.134. The second-order valence-electron chi connectivity index (χ2n) is 5.03. The number of carbonyl (C=O) groups excluding carboxylic acids is 1. The molecule has 4 nitrogen and oxygen atoms in total. The van der Waals surface area contributed by atoms with E-state index in [1.54, 1.807) is 30.3 Å². The predicted octanol–water partition coefficient (Wildman–Crippen LogP) is 3.60. The Morgan fingerprint density at radius 1 is 1.33 bits per heavy atom. The highest BCUT2D eigenvalue weighted by atomic mass is 35.5. The van der Waals surface area contributed by atoms with Crippen molar-refractivity contribution in [2.24, 2.45) is 0 Å². The van der Waals surface area contributed by atoms with E-state index >= 15 is 0 Å². The number of rotatable bonds is 4. The zero-order chi connectivity index (χ0) is 15.4. The monoisotopic (exact) mass is 304 g/mol. The fourth-order valence-electron chi connectivity index (χ4n) is 1.92. The Balaban J connectivity index is 2.28. The molecular formula is C16H17ClN2O2. The van der Waals surface area contributed by atoms with Crippen LogP contribution in [0.15, 0.2) is 36.4 Å². The van der Waals surface area contributed by atoms with Gasteiger partial charge in [-0.1, -0.05) is 43.6 Å². The number of hydrogen-bond acceptors (Lipinski definition) is 3. The second-order valence-corrected chi connectivity index (χ2v) is 5.41. The van der Waals surface area contributed by atoms with Crippen molar-refractivity contribution in [3.63, 3.8) is 0 Å². The molecule has 2 rings (SSSR count). The molecule has 1 aromatic carbocycles. The molecular weight excluding hydrogens is 288 g/mol. The van der Waals surface area contributed by atoms with Gasteiger partial charge in [-0.2, -0.15) is 0 Å². The number of aromatic nitrogens is 1. The van der Waals surface area contributed by atoms with Crippen molar-refractivity contribution in [1.82, 2.24) is 4.98 Å². The first kappa shape index (κ1) is 15.5. The second kappa shape index (κ2) is 6.70. The van der Waals surface area contributed by atoms with Gasteiger partial charge in [-0.3, -0.25) is 4.79 Å². The molecule has 2 aromatic rings. The largest absolute Gasteiger partial charge is 0.392 e. The fraction of sp³-hybridized carbons (Fsp3) is 0.250. The first-order valence-corrected chi connectivity index (χ1v) is 7.06. The molecule has 0 aliphatic carbocycles. The molecule has 0 aliphatic rings. The topological polar surface area (TPSA) is 62.2 Å². The summed E-state index contributed by atoms with van der Waals surface area (Å²) in [7, 11) is 0. The number of nitrogens with one attached hydrogen (secondary N) is 1. The lowest BCUT2D eigenvalue weighted by molar-refractivity contribution is 0.102. The first-order chi connectivity index (χ1) is 10.0. The highest BCUT2D eigenvalue weighted by Crippen LogP contribution is 2.20. The van der Waals surface area contributed by atoms with Crippen LogP contribution in [0, 0.1) is 0 Å². The zero-order valence-electron chi connectivity index (χ0n) is 11.9. The van der Waals surface area contributed by atoms with E-state index in [4.69, 9.17) is 11.6 Å². The van der Waals surface area contributed by atoms with Crippen LogP contribution in [-0.2, 0) is 6.61 Å². The number of aliphatic hydroxyl groups is 1. The standard InChI is InChI=1S/C16H17ClN2O2/c1-10(2)14-7-12(8-15(17)18-14)16(21)19-13-6-4-3-5-11(13)9-20/h3-8,10,20H,9H2,1-2H3,(H,19,21). The lowest BCUT2D eigenvalue weighted by Gasteiger charge is -2.11. The maximum atomic E-state index is 12.3. The quantitative estimate of drug-likeness (QED) is 0.848. The third kappa shape index (κ3) is 3.80. The Bertz CT molecular complexity index is 656. The van der Waals surface area contributed by atoms with Gasteiger partial charge in [0.1, 0.15) is 5.15 Å². The minimum atomic E-state index is -0.276. The molecule has 0 unspecified atom stereocenters. The van der Waals surface area contributed by atoms with E-state index in [1.807, 2.05) is 13.8 Å². The van der Waals surface area contributed by atoms with E-state index in [9.17, 15) is 9.90 Å². The van der Waals surface area contributed by atoms with Crippen LogP contribution in [0.2, 0.25) is 5.15 Å². The summed E-state index contributed by atoms with van der Waals surface area (Å²) in [6.45, 7) is 3.84. The molecule has 1 heterocycles. The average molecular weight is 305 g/mol. The van der Waals surface area contributed by atoms with Crippen LogP contribution in [0.3, 0.4) is 0 Å². The van der Waals surface area contributed by atoms with Crippen molar-refractivity contribution in [3.8, 4) is 0 Å². The van der Waals surface area contributed by atoms with E-state index in [2.05, 4.69) is 10.3 Å². The van der Waals surface area contributed by atoms with Gasteiger partial charge in [0.25, 0.3) is 5.91 Å². The van der Waals surface area contributed by atoms with Crippen molar-refractivity contribution in [2.75, 3.05) is 5.32 Å². The Hall–Kier alpha value is -1.91. The van der Waals surface area contributed by atoms with Crippen LogP contribution >= 0.6 is 11.6 Å². The smallest absolute Gasteiger partial charge is 0.255 e. The number of pyridine rings is 1. The van der Waals surface area contributed by atoms with E-state index in [0.717, 1.165) is 5.69 Å². The number of nitrogens with zero attached hydrogens (tertiary/aromatic N) is 1. The maximum Gasteiger partial charge on any atom is 0.255 e. The number of anilines is 1. The molecule has 1 aromatic heterocycles. The van der Waals surface area contributed by atoms with E-state index in [1.165, 1.54) is 6.07 Å². The summed E-state index contributed by atoms with van der Waals surface area (Å²) in [5.74, 6) is -0.0953. The molecule has 0 saturated heterocycles. The number of benzene rings is 1. The fourth-order valence-corrected chi connectivity index (χ4v) is 2.13. The summed E-state index contributed by atoms with van der Waals surface area (Å²) in [6, 6.07) is 10.4. The van der Waals surface area contributed by atoms with Gasteiger partial charge >= 0.3 is 0 Å². The summed E-state index contributed by atoms with van der Waals surface area (Å²) in [5.41, 5.74) is 2.47. The molecule has 21 heavy (non-hydrogen) atoms. The molecule has 0 radical (unpaired) electrons. The number of amides is 1. The average Bonchev–Trinajstić information content (AvgIpc) is 2.47. The van der Waals surface area contributed by atoms with Crippen molar-refractivity contribution in [3.05, 3.63) is 58.4 Å². The SMILES string of the molecule is CC(C)c1cc(C(=O)Nc2ccccc2CO)cc(Cl)n1. The molecule has 0 aliphatic heterocycles. The molecule has 2 N–H and O–H groups in total. The summed E-state index contributed by atoms with van der Waals surface area (Å²) >= 11 is 5.97. The van der Waals surface area contributed by atoms with Gasteiger partial charge < -0.3 is 10.4 Å². The van der Waals surface area contributed by atoms with Gasteiger partial charge in [0.05, 0.1) is 6.61 Å². The molecule has 5 heteroatoms. The van der Waals surface area contributed by atoms with Gasteiger partial charge in [-0.15, -0.1) is 0 Å². The molecule has 0 spiro atoms. The summed E-state index contributed by atoms with van der Waals surface area (Å²) in [5, 5.41) is 12.4. The molecule has 110 valence electrons. The third-order valence-corrected chi connectivity index (χ3v) is 3.30. The molecule has 0 bridgehead atoms. The molecule has 0 atom stereocenters. The van der Waals surface area contributed by atoms with Gasteiger partial charge in [0.15, 0.2) is 0 Å². The predicted molar refractivity (Wildman–Crippen MR) is 83.7 cm³/mol. The lowest BCUT2D eigenvalue weighted by atomic mass is 10.1. The summed E-state index contributed by atoms with van der Waals surface area (Å²) in [4.78, 5) is 16.5. The maximum absolute atomic E-state index is 12.3. The number of carbonyl (C=O) groups is 1. The van der Waals surface area contributed by atoms with Crippen LogP contribution < -0.4 is 5.32 Å². The van der Waals surface area contributed by atoms with Crippen LogP contribution in [0.1, 0.15) is 41.4 Å². The van der Waals surface area contributed by atoms with Crippen LogP contribution in [0.4, 0.5) is 5.69 Å². The van der Waals surface area contributed by atoms with Gasteiger partial charge in [0.2, 0.25) is 0 Å². The van der Waals surface area contributed by atoms with Crippen LogP contribution in [-0.4, -0.2) is 16.0 Å². The van der Waals surface area contributed by atoms with Crippen LogP contribution in [0.25, 0.3) is 0 Å². The lowest BCUT2D eigenvalue weighted by Crippen LogP contribution is -2.14. The number of para-hydroxylation sites is 1. The molecule has 0 fully saturated rings. The van der Waals surface area contributed by atoms with Crippen molar-refractivity contribution in [1.29, 1.82) is 0 Å². The number of aliphatic hydroxyl groups excluding tert-OH is 1. The normalized spacial score (nSPS) is 10.7. The Morgan fingerprint density at radius 3 is 2.71 bits per heavy atom. The molecule has 0 saturated carbocycles. The van der Waals surface area contributed by atoms with Crippen LogP contribution in [0.5, 0.6) is 0 Å². The third-order valence-electron chi connectivity index (χ3n) is 3.10. The van der Waals surface area contributed by atoms with E-state index in [-0.39, 0.29) is 18.4 Å². The van der Waals surface area contributed by atoms with E-state index in [0.29, 0.717) is 22.0 Å². The van der Waals surface area contributed by atoms with Gasteiger partial charge in [-0.05, 0) is 24.1 Å². The summed E-state index contributed by atoms with van der Waals surface area (Å²) < 4.78 is 0. The zero-order valence-corrected chi connectivity index (χ0v) is 12.7. The first-order valence-electron chi connectivity index (χ1n) is 6.69. The minimum Gasteiger partial charge on any atom is -0.392 e. The van der Waals surface area contributed by atoms with Gasteiger partial charge in [-0.25, -0.2) is 4.98 Å². The molecule has 1 amide bonds. The van der Waals surface area contributed by atoms with Gasteiger partial charge in [0, 0.05) is 22.5 Å². The number of hydrogen-bond donors (Lipinski definition) is 2. The van der Waals surface area contributed by atoms with E-state index < -0.39 is 0 Å². The number of halogens is 1. The van der Waals surface area contributed by atoms with Crippen molar-refractivity contribution >= 4 is 23.2 Å². The summed E-state index contributed by atoms with van der Waals surface area (Å²) in [6.07, 6.45) is 0. The Kier molecular flexibility index (Phi) is 4.94. The highest BCUT2D eigenvalue weighted by molar-refractivity contribution is 6.29. The highest BCUT2D eigenvalue weighted by Gasteiger charge is 2.12.